The predicted octanol–water partition coefficient (Wildman–Crippen LogP) is 1.73. The maximum absolute atomic E-state index is 13.0. The first-order valence-corrected chi connectivity index (χ1v) is 4.36. The van der Waals surface area contributed by atoms with Crippen molar-refractivity contribution in [1.29, 1.82) is 0 Å². The number of aliphatic hydroxyl groups is 1. The molecule has 1 N–H and O–H groups in total. The fraction of sp³-hybridized carbons (Fsp3) is 0.400. The third kappa shape index (κ3) is 1.65. The zero-order valence-electron chi connectivity index (χ0n) is 7.11. The van der Waals surface area contributed by atoms with Gasteiger partial charge in [-0.2, -0.15) is 0 Å². The summed E-state index contributed by atoms with van der Waals surface area (Å²) in [6, 6.07) is 6.24. The van der Waals surface area contributed by atoms with Gasteiger partial charge in [-0.1, -0.05) is 12.1 Å². The summed E-state index contributed by atoms with van der Waals surface area (Å²) in [5.41, 5.74) is 0. The van der Waals surface area contributed by atoms with E-state index < -0.39 is 6.10 Å². The molecule has 1 fully saturated rings. The maximum Gasteiger partial charge on any atom is 0.165 e. The smallest absolute Gasteiger partial charge is 0.165 e. The molecule has 2 nitrogen and oxygen atoms in total. The predicted molar refractivity (Wildman–Crippen MR) is 46.1 cm³/mol. The number of rotatable bonds is 2. The molecule has 1 aliphatic carbocycles. The summed E-state index contributed by atoms with van der Waals surface area (Å²) >= 11 is 0. The van der Waals surface area contributed by atoms with E-state index in [1.54, 1.807) is 18.2 Å². The first kappa shape index (κ1) is 8.51. The van der Waals surface area contributed by atoms with E-state index in [-0.39, 0.29) is 17.7 Å². The van der Waals surface area contributed by atoms with Crippen molar-refractivity contribution in [2.75, 3.05) is 0 Å². The second-order valence-electron chi connectivity index (χ2n) is 3.23. The highest BCUT2D eigenvalue weighted by Gasteiger charge is 2.31. The van der Waals surface area contributed by atoms with Gasteiger partial charge in [0.05, 0.1) is 6.10 Å². The lowest BCUT2D eigenvalue weighted by Gasteiger charge is -2.32. The molecule has 0 heterocycles. The molecule has 3 heteroatoms. The van der Waals surface area contributed by atoms with Gasteiger partial charge in [-0.15, -0.1) is 0 Å². The van der Waals surface area contributed by atoms with Crippen molar-refractivity contribution in [1.82, 2.24) is 0 Å². The van der Waals surface area contributed by atoms with Crippen molar-refractivity contribution in [3.63, 3.8) is 0 Å². The molecular formula is C10H11FO2. The largest absolute Gasteiger partial charge is 0.485 e. The van der Waals surface area contributed by atoms with Crippen LogP contribution in [0.2, 0.25) is 0 Å². The second kappa shape index (κ2) is 3.34. The number of halogens is 1. The molecular weight excluding hydrogens is 171 g/mol. The molecule has 0 aromatic heterocycles. The van der Waals surface area contributed by atoms with E-state index in [2.05, 4.69) is 0 Å². The summed E-state index contributed by atoms with van der Waals surface area (Å²) in [7, 11) is 0. The zero-order chi connectivity index (χ0) is 9.26. The Morgan fingerprint density at radius 3 is 2.62 bits per heavy atom. The minimum Gasteiger partial charge on any atom is -0.485 e. The highest BCUT2D eigenvalue weighted by atomic mass is 19.1. The van der Waals surface area contributed by atoms with E-state index in [1.807, 2.05) is 0 Å². The molecule has 0 radical (unpaired) electrons. The van der Waals surface area contributed by atoms with Crippen LogP contribution in [0.5, 0.6) is 5.75 Å². The molecule has 0 spiro atoms. The number of benzene rings is 1. The molecule has 0 unspecified atom stereocenters. The second-order valence-corrected chi connectivity index (χ2v) is 3.23. The summed E-state index contributed by atoms with van der Waals surface area (Å²) in [4.78, 5) is 0. The molecule has 0 bridgehead atoms. The number of aliphatic hydroxyl groups excluding tert-OH is 1. The third-order valence-electron chi connectivity index (χ3n) is 2.29. The number of hydrogen-bond donors (Lipinski definition) is 1. The fourth-order valence-electron chi connectivity index (χ4n) is 1.29. The van der Waals surface area contributed by atoms with Crippen LogP contribution in [-0.4, -0.2) is 17.3 Å². The van der Waals surface area contributed by atoms with Crippen molar-refractivity contribution < 1.29 is 14.2 Å². The molecule has 0 amide bonds. The Balaban J connectivity index is 2.05. The van der Waals surface area contributed by atoms with Gasteiger partial charge < -0.3 is 9.84 Å². The Labute approximate surface area is 76.0 Å². The maximum atomic E-state index is 13.0. The first-order valence-electron chi connectivity index (χ1n) is 4.36. The molecule has 13 heavy (non-hydrogen) atoms. The van der Waals surface area contributed by atoms with Crippen LogP contribution in [0.15, 0.2) is 24.3 Å². The minimum atomic E-state index is -0.431. The molecule has 0 aliphatic heterocycles. The summed E-state index contributed by atoms with van der Waals surface area (Å²) in [5, 5.41) is 9.21. The molecule has 2 rings (SSSR count). The normalized spacial score (nSPS) is 26.6. The van der Waals surface area contributed by atoms with Crippen molar-refractivity contribution in [2.45, 2.75) is 25.0 Å². The topological polar surface area (TPSA) is 29.5 Å². The lowest BCUT2D eigenvalue weighted by atomic mass is 9.92. The van der Waals surface area contributed by atoms with E-state index in [4.69, 9.17) is 4.74 Å². The third-order valence-corrected chi connectivity index (χ3v) is 2.29. The Morgan fingerprint density at radius 1 is 1.31 bits per heavy atom. The molecule has 0 saturated heterocycles. The van der Waals surface area contributed by atoms with E-state index in [9.17, 15) is 9.50 Å². The van der Waals surface area contributed by atoms with E-state index >= 15 is 0 Å². The number of para-hydroxylation sites is 1. The van der Waals surface area contributed by atoms with E-state index in [0.717, 1.165) is 12.8 Å². The quantitative estimate of drug-likeness (QED) is 0.754. The van der Waals surface area contributed by atoms with Crippen LogP contribution in [0.1, 0.15) is 12.8 Å². The van der Waals surface area contributed by atoms with Crippen molar-refractivity contribution in [2.24, 2.45) is 0 Å². The van der Waals surface area contributed by atoms with Gasteiger partial charge in [0.2, 0.25) is 0 Å². The molecule has 1 saturated carbocycles. The monoisotopic (exact) mass is 182 g/mol. The summed E-state index contributed by atoms with van der Waals surface area (Å²) in [6.07, 6.45) is 0.894. The minimum absolute atomic E-state index is 0.225. The molecule has 1 aliphatic rings. The Kier molecular flexibility index (Phi) is 2.19. The lowest BCUT2D eigenvalue weighted by Crippen LogP contribution is -2.41. The summed E-state index contributed by atoms with van der Waals surface area (Å²) in [6.45, 7) is 0. The molecule has 70 valence electrons. The van der Waals surface area contributed by atoms with E-state index in [1.165, 1.54) is 6.07 Å². The van der Waals surface area contributed by atoms with E-state index in [0.29, 0.717) is 0 Å². The van der Waals surface area contributed by atoms with Crippen LogP contribution in [0.3, 0.4) is 0 Å². The van der Waals surface area contributed by atoms with Gasteiger partial charge in [0.15, 0.2) is 11.6 Å². The van der Waals surface area contributed by atoms with Crippen LogP contribution < -0.4 is 4.74 Å². The molecule has 1 aromatic rings. The van der Waals surface area contributed by atoms with Crippen molar-refractivity contribution >= 4 is 0 Å². The number of ether oxygens (including phenoxy) is 1. The van der Waals surface area contributed by atoms with Gasteiger partial charge in [-0.3, -0.25) is 0 Å². The van der Waals surface area contributed by atoms with Crippen LogP contribution in [-0.2, 0) is 0 Å². The fourth-order valence-corrected chi connectivity index (χ4v) is 1.29. The van der Waals surface area contributed by atoms with Crippen LogP contribution in [0.25, 0.3) is 0 Å². The van der Waals surface area contributed by atoms with Crippen LogP contribution in [0, 0.1) is 5.82 Å². The standard InChI is InChI=1S/C10H11FO2/c11-7-3-1-2-4-9(7)13-10-6-5-8(10)12/h1-4,8,10,12H,5-6H2/t8-,10-/m1/s1. The van der Waals surface area contributed by atoms with Crippen LogP contribution in [0.4, 0.5) is 4.39 Å². The van der Waals surface area contributed by atoms with Gasteiger partial charge >= 0.3 is 0 Å². The highest BCUT2D eigenvalue weighted by molar-refractivity contribution is 5.24. The van der Waals surface area contributed by atoms with Gasteiger partial charge in [-0.05, 0) is 25.0 Å². The first-order chi connectivity index (χ1) is 6.27. The summed E-state index contributed by atoms with van der Waals surface area (Å²) < 4.78 is 18.3. The van der Waals surface area contributed by atoms with Crippen molar-refractivity contribution in [3.05, 3.63) is 30.1 Å². The van der Waals surface area contributed by atoms with Crippen molar-refractivity contribution in [3.8, 4) is 5.75 Å². The lowest BCUT2D eigenvalue weighted by molar-refractivity contribution is -0.0377. The Hall–Kier alpha value is -1.09. The van der Waals surface area contributed by atoms with Gasteiger partial charge in [0.25, 0.3) is 0 Å². The average molecular weight is 182 g/mol. The molecule has 2 atom stereocenters. The average Bonchev–Trinajstić information content (AvgIpc) is 2.14. The van der Waals surface area contributed by atoms with Gasteiger partial charge in [0, 0.05) is 0 Å². The Morgan fingerprint density at radius 2 is 2.08 bits per heavy atom. The van der Waals surface area contributed by atoms with Gasteiger partial charge in [0.1, 0.15) is 6.10 Å². The summed E-state index contributed by atoms with van der Waals surface area (Å²) in [5.74, 6) is -0.146. The zero-order valence-corrected chi connectivity index (χ0v) is 7.11. The highest BCUT2D eigenvalue weighted by Crippen LogP contribution is 2.27. The number of hydrogen-bond acceptors (Lipinski definition) is 2. The van der Waals surface area contributed by atoms with Crippen LogP contribution >= 0.6 is 0 Å². The van der Waals surface area contributed by atoms with Gasteiger partial charge in [-0.25, -0.2) is 4.39 Å². The molecule has 1 aromatic carbocycles. The Bertz CT molecular complexity index is 301. The SMILES string of the molecule is O[C@@H]1CC[C@H]1Oc1ccccc1F.